The van der Waals surface area contributed by atoms with Crippen LogP contribution >= 0.6 is 11.6 Å². The summed E-state index contributed by atoms with van der Waals surface area (Å²) in [5.74, 6) is -0.736. The standard InChI is InChI=1S/C13H14ClNO3/c1-7(8-2-3-8)12(16)15-11-5-9(13(17)18)4-10(14)6-11/h4-8H,2-3H2,1H3,(H,15,16)(H,17,18). The highest BCUT2D eigenvalue weighted by Crippen LogP contribution is 2.37. The number of carboxylic acids is 1. The monoisotopic (exact) mass is 267 g/mol. The Balaban J connectivity index is 2.12. The Morgan fingerprint density at radius 1 is 1.39 bits per heavy atom. The highest BCUT2D eigenvalue weighted by atomic mass is 35.5. The van der Waals surface area contributed by atoms with E-state index in [0.717, 1.165) is 12.8 Å². The lowest BCUT2D eigenvalue weighted by atomic mass is 10.1. The van der Waals surface area contributed by atoms with Gasteiger partial charge in [0.1, 0.15) is 0 Å². The fourth-order valence-electron chi connectivity index (χ4n) is 1.85. The quantitative estimate of drug-likeness (QED) is 0.881. The zero-order valence-electron chi connectivity index (χ0n) is 9.94. The third-order valence-corrected chi connectivity index (χ3v) is 3.37. The molecule has 96 valence electrons. The highest BCUT2D eigenvalue weighted by molar-refractivity contribution is 6.31. The van der Waals surface area contributed by atoms with Gasteiger partial charge in [-0.2, -0.15) is 0 Å². The molecule has 1 unspecified atom stereocenters. The molecule has 1 fully saturated rings. The third kappa shape index (κ3) is 3.01. The molecule has 0 saturated heterocycles. The number of carbonyl (C=O) groups is 2. The number of nitrogens with one attached hydrogen (secondary N) is 1. The maximum atomic E-state index is 11.9. The van der Waals surface area contributed by atoms with Gasteiger partial charge in [0.25, 0.3) is 0 Å². The molecule has 1 amide bonds. The summed E-state index contributed by atoms with van der Waals surface area (Å²) in [5.41, 5.74) is 0.495. The summed E-state index contributed by atoms with van der Waals surface area (Å²) in [7, 11) is 0. The van der Waals surface area contributed by atoms with Crippen LogP contribution < -0.4 is 5.32 Å². The molecule has 2 N–H and O–H groups in total. The lowest BCUT2D eigenvalue weighted by molar-refractivity contribution is -0.119. The fraction of sp³-hybridized carbons (Fsp3) is 0.385. The number of hydrogen-bond acceptors (Lipinski definition) is 2. The van der Waals surface area contributed by atoms with Gasteiger partial charge in [0.2, 0.25) is 5.91 Å². The molecule has 2 rings (SSSR count). The van der Waals surface area contributed by atoms with Gasteiger partial charge in [0, 0.05) is 16.6 Å². The minimum atomic E-state index is -1.07. The van der Waals surface area contributed by atoms with Gasteiger partial charge in [-0.15, -0.1) is 0 Å². The molecular weight excluding hydrogens is 254 g/mol. The van der Waals surface area contributed by atoms with Crippen LogP contribution in [0.25, 0.3) is 0 Å². The second-order valence-corrected chi connectivity index (χ2v) is 5.09. The number of aromatic carboxylic acids is 1. The van der Waals surface area contributed by atoms with Crippen molar-refractivity contribution in [3.63, 3.8) is 0 Å². The Kier molecular flexibility index (Phi) is 3.57. The third-order valence-electron chi connectivity index (χ3n) is 3.15. The second-order valence-electron chi connectivity index (χ2n) is 4.65. The predicted octanol–water partition coefficient (Wildman–Crippen LogP) is 3.02. The van der Waals surface area contributed by atoms with Crippen LogP contribution in [0.3, 0.4) is 0 Å². The average Bonchev–Trinajstić information content (AvgIpc) is 3.10. The summed E-state index contributed by atoms with van der Waals surface area (Å²) >= 11 is 5.82. The lowest BCUT2D eigenvalue weighted by Crippen LogP contribution is -2.22. The molecule has 1 aliphatic rings. The van der Waals surface area contributed by atoms with Crippen LogP contribution in [-0.2, 0) is 4.79 Å². The number of benzene rings is 1. The topological polar surface area (TPSA) is 66.4 Å². The van der Waals surface area contributed by atoms with Crippen LogP contribution in [0.1, 0.15) is 30.1 Å². The van der Waals surface area contributed by atoms with Crippen molar-refractivity contribution >= 4 is 29.2 Å². The first-order valence-corrected chi connectivity index (χ1v) is 6.20. The van der Waals surface area contributed by atoms with E-state index < -0.39 is 5.97 Å². The molecule has 1 saturated carbocycles. The Labute approximate surface area is 110 Å². The van der Waals surface area contributed by atoms with Gasteiger partial charge in [-0.3, -0.25) is 4.79 Å². The minimum absolute atomic E-state index is 0.0442. The van der Waals surface area contributed by atoms with E-state index in [1.807, 2.05) is 6.92 Å². The Hall–Kier alpha value is -1.55. The molecule has 0 heterocycles. The molecule has 18 heavy (non-hydrogen) atoms. The summed E-state index contributed by atoms with van der Waals surface area (Å²) in [6.07, 6.45) is 2.18. The first kappa shape index (κ1) is 12.9. The van der Waals surface area contributed by atoms with Gasteiger partial charge < -0.3 is 10.4 Å². The zero-order chi connectivity index (χ0) is 13.3. The fourth-order valence-corrected chi connectivity index (χ4v) is 2.09. The Morgan fingerprint density at radius 2 is 2.06 bits per heavy atom. The summed E-state index contributed by atoms with van der Waals surface area (Å²) < 4.78 is 0. The van der Waals surface area contributed by atoms with Crippen molar-refractivity contribution < 1.29 is 14.7 Å². The van der Waals surface area contributed by atoms with Gasteiger partial charge in [0.15, 0.2) is 0 Å². The number of carboxylic acid groups (broad SMARTS) is 1. The van der Waals surface area contributed by atoms with Crippen molar-refractivity contribution in [1.29, 1.82) is 0 Å². The van der Waals surface area contributed by atoms with Crippen LogP contribution in [0.4, 0.5) is 5.69 Å². The van der Waals surface area contributed by atoms with Crippen molar-refractivity contribution in [2.75, 3.05) is 5.32 Å². The molecule has 4 nitrogen and oxygen atoms in total. The molecule has 0 aromatic heterocycles. The van der Waals surface area contributed by atoms with Gasteiger partial charge in [0.05, 0.1) is 5.56 Å². The summed E-state index contributed by atoms with van der Waals surface area (Å²) in [4.78, 5) is 22.8. The maximum absolute atomic E-state index is 11.9. The molecule has 0 bridgehead atoms. The van der Waals surface area contributed by atoms with Gasteiger partial charge in [-0.1, -0.05) is 18.5 Å². The molecule has 1 aromatic carbocycles. The van der Waals surface area contributed by atoms with Gasteiger partial charge >= 0.3 is 5.97 Å². The predicted molar refractivity (Wildman–Crippen MR) is 68.9 cm³/mol. The average molecular weight is 268 g/mol. The molecule has 0 spiro atoms. The van der Waals surface area contributed by atoms with Crippen molar-refractivity contribution in [2.24, 2.45) is 11.8 Å². The lowest BCUT2D eigenvalue weighted by Gasteiger charge is -2.11. The van der Waals surface area contributed by atoms with E-state index in [9.17, 15) is 9.59 Å². The zero-order valence-corrected chi connectivity index (χ0v) is 10.7. The van der Waals surface area contributed by atoms with Crippen molar-refractivity contribution in [3.8, 4) is 0 Å². The number of anilines is 1. The van der Waals surface area contributed by atoms with Crippen LogP contribution in [0, 0.1) is 11.8 Å². The van der Waals surface area contributed by atoms with E-state index in [4.69, 9.17) is 16.7 Å². The number of amides is 1. The van der Waals surface area contributed by atoms with E-state index in [1.165, 1.54) is 12.1 Å². The van der Waals surface area contributed by atoms with Crippen LogP contribution in [0.2, 0.25) is 5.02 Å². The molecule has 1 aliphatic carbocycles. The minimum Gasteiger partial charge on any atom is -0.478 e. The summed E-state index contributed by atoms with van der Waals surface area (Å²) in [6.45, 7) is 1.88. The normalized spacial score (nSPS) is 16.1. The largest absolute Gasteiger partial charge is 0.478 e. The molecule has 0 radical (unpaired) electrons. The molecule has 1 aromatic rings. The van der Waals surface area contributed by atoms with Gasteiger partial charge in [-0.25, -0.2) is 4.79 Å². The smallest absolute Gasteiger partial charge is 0.335 e. The number of halogens is 1. The van der Waals surface area contributed by atoms with Crippen LogP contribution in [0.5, 0.6) is 0 Å². The van der Waals surface area contributed by atoms with E-state index in [2.05, 4.69) is 5.32 Å². The first-order chi connectivity index (χ1) is 8.47. The van der Waals surface area contributed by atoms with E-state index in [-0.39, 0.29) is 17.4 Å². The van der Waals surface area contributed by atoms with E-state index >= 15 is 0 Å². The van der Waals surface area contributed by atoms with E-state index in [1.54, 1.807) is 6.07 Å². The molecule has 0 aliphatic heterocycles. The molecular formula is C13H14ClNO3. The van der Waals surface area contributed by atoms with Gasteiger partial charge in [-0.05, 0) is 37.0 Å². The second kappa shape index (κ2) is 4.98. The van der Waals surface area contributed by atoms with Crippen molar-refractivity contribution in [2.45, 2.75) is 19.8 Å². The summed E-state index contributed by atoms with van der Waals surface area (Å²) in [5, 5.41) is 11.9. The molecule has 1 atom stereocenters. The number of rotatable bonds is 4. The first-order valence-electron chi connectivity index (χ1n) is 5.82. The summed E-state index contributed by atoms with van der Waals surface area (Å²) in [6, 6.07) is 4.31. The SMILES string of the molecule is CC(C(=O)Nc1cc(Cl)cc(C(=O)O)c1)C1CC1. The number of carbonyl (C=O) groups excluding carboxylic acids is 1. The molecule has 5 heteroatoms. The van der Waals surface area contributed by atoms with Crippen LogP contribution in [-0.4, -0.2) is 17.0 Å². The Morgan fingerprint density at radius 3 is 2.61 bits per heavy atom. The van der Waals surface area contributed by atoms with Crippen LogP contribution in [0.15, 0.2) is 18.2 Å². The highest BCUT2D eigenvalue weighted by Gasteiger charge is 2.32. The Bertz CT molecular complexity index is 497. The van der Waals surface area contributed by atoms with Crippen molar-refractivity contribution in [1.82, 2.24) is 0 Å². The van der Waals surface area contributed by atoms with Crippen molar-refractivity contribution in [3.05, 3.63) is 28.8 Å². The number of hydrogen-bond donors (Lipinski definition) is 2. The maximum Gasteiger partial charge on any atom is 0.335 e. The van der Waals surface area contributed by atoms with E-state index in [0.29, 0.717) is 16.6 Å².